The first-order valence-electron chi connectivity index (χ1n) is 5.91. The maximum absolute atomic E-state index is 3.62. The maximum Gasteiger partial charge on any atom is 0.0511 e. The lowest BCUT2D eigenvalue weighted by Gasteiger charge is -2.20. The minimum atomic E-state index is 0.571. The predicted molar refractivity (Wildman–Crippen MR) is 76.7 cm³/mol. The van der Waals surface area contributed by atoms with E-state index >= 15 is 0 Å². The minimum absolute atomic E-state index is 0.571. The zero-order valence-electron chi connectivity index (χ0n) is 11.0. The van der Waals surface area contributed by atoms with Gasteiger partial charge in [0.1, 0.15) is 0 Å². The molecule has 2 unspecified atom stereocenters. The number of thioether (sulfide) groups is 2. The third-order valence-electron chi connectivity index (χ3n) is 1.83. The van der Waals surface area contributed by atoms with Crippen LogP contribution in [0.3, 0.4) is 0 Å². The van der Waals surface area contributed by atoms with Crippen LogP contribution in [0.1, 0.15) is 41.5 Å². The van der Waals surface area contributed by atoms with Crippen molar-refractivity contribution in [3.8, 4) is 0 Å². The van der Waals surface area contributed by atoms with Gasteiger partial charge in [-0.15, -0.1) is 23.5 Å². The van der Waals surface area contributed by atoms with Crippen molar-refractivity contribution in [3.63, 3.8) is 0 Å². The van der Waals surface area contributed by atoms with Crippen LogP contribution >= 0.6 is 23.5 Å². The van der Waals surface area contributed by atoms with Crippen LogP contribution in [-0.2, 0) is 0 Å². The molecule has 3 heteroatoms. The lowest BCUT2D eigenvalue weighted by molar-refractivity contribution is 0.669. The monoisotopic (exact) mass is 249 g/mol. The second kappa shape index (κ2) is 8.77. The van der Waals surface area contributed by atoms with Crippen molar-refractivity contribution < 1.29 is 0 Å². The van der Waals surface area contributed by atoms with Crippen molar-refractivity contribution in [2.24, 2.45) is 11.8 Å². The first-order chi connectivity index (χ1) is 6.91. The molecule has 0 aliphatic carbocycles. The van der Waals surface area contributed by atoms with Crippen LogP contribution in [0.25, 0.3) is 0 Å². The topological polar surface area (TPSA) is 12.0 Å². The quantitative estimate of drug-likeness (QED) is 0.652. The molecule has 1 nitrogen and oxygen atoms in total. The van der Waals surface area contributed by atoms with E-state index in [-0.39, 0.29) is 0 Å². The van der Waals surface area contributed by atoms with Crippen LogP contribution in [-0.4, -0.2) is 22.3 Å². The van der Waals surface area contributed by atoms with Gasteiger partial charge in [-0.1, -0.05) is 27.7 Å². The van der Waals surface area contributed by atoms with Crippen LogP contribution in [0.2, 0.25) is 0 Å². The second-order valence-electron chi connectivity index (χ2n) is 4.91. The highest BCUT2D eigenvalue weighted by atomic mass is 32.2. The molecule has 0 saturated heterocycles. The van der Waals surface area contributed by atoms with E-state index in [1.165, 1.54) is 11.5 Å². The van der Waals surface area contributed by atoms with E-state index in [4.69, 9.17) is 0 Å². The summed E-state index contributed by atoms with van der Waals surface area (Å²) < 4.78 is 0. The number of rotatable bonds is 8. The molecule has 0 radical (unpaired) electrons. The highest BCUT2D eigenvalue weighted by Crippen LogP contribution is 2.17. The normalized spacial score (nSPS) is 16.0. The van der Waals surface area contributed by atoms with Crippen molar-refractivity contribution in [2.45, 2.75) is 52.3 Å². The van der Waals surface area contributed by atoms with Crippen LogP contribution < -0.4 is 5.32 Å². The Morgan fingerprint density at radius 1 is 0.733 bits per heavy atom. The Hall–Kier alpha value is 0.660. The molecule has 0 aliphatic heterocycles. The molecule has 0 fully saturated rings. The van der Waals surface area contributed by atoms with Gasteiger partial charge in [0.15, 0.2) is 0 Å². The molecule has 0 aromatic rings. The summed E-state index contributed by atoms with van der Waals surface area (Å²) in [6, 6.07) is 0. The molecule has 0 saturated carbocycles. The fourth-order valence-electron chi connectivity index (χ4n) is 1.10. The standard InChI is InChI=1S/C12H27NS2/c1-9(2)7-14-11(5)13-12(6)15-8-10(3)4/h9-13H,7-8H2,1-6H3. The maximum atomic E-state index is 3.62. The van der Waals surface area contributed by atoms with E-state index < -0.39 is 0 Å². The Kier molecular flexibility index (Phi) is 9.16. The molecule has 0 spiro atoms. The second-order valence-corrected chi connectivity index (χ2v) is 7.65. The smallest absolute Gasteiger partial charge is 0.0511 e. The molecule has 92 valence electrons. The lowest BCUT2D eigenvalue weighted by Crippen LogP contribution is -2.31. The van der Waals surface area contributed by atoms with Crippen molar-refractivity contribution in [1.82, 2.24) is 5.32 Å². The highest BCUT2D eigenvalue weighted by Gasteiger charge is 2.09. The summed E-state index contributed by atoms with van der Waals surface area (Å²) in [4.78, 5) is 0. The summed E-state index contributed by atoms with van der Waals surface area (Å²) in [5, 5.41) is 4.76. The van der Waals surface area contributed by atoms with Gasteiger partial charge in [0.05, 0.1) is 10.7 Å². The fourth-order valence-corrected chi connectivity index (χ4v) is 3.13. The molecule has 0 aromatic heterocycles. The van der Waals surface area contributed by atoms with E-state index in [1.54, 1.807) is 0 Å². The largest absolute Gasteiger partial charge is 0.294 e. The number of hydrogen-bond acceptors (Lipinski definition) is 3. The third-order valence-corrected chi connectivity index (χ3v) is 4.82. The molecular formula is C12H27NS2. The summed E-state index contributed by atoms with van der Waals surface area (Å²) >= 11 is 4.05. The summed E-state index contributed by atoms with van der Waals surface area (Å²) in [7, 11) is 0. The predicted octanol–water partition coefficient (Wildman–Crippen LogP) is 4.05. The Morgan fingerprint density at radius 3 is 1.33 bits per heavy atom. The molecule has 2 atom stereocenters. The summed E-state index contributed by atoms with van der Waals surface area (Å²) in [5.41, 5.74) is 0. The number of hydrogen-bond donors (Lipinski definition) is 1. The molecular weight excluding hydrogens is 222 g/mol. The zero-order chi connectivity index (χ0) is 11.8. The zero-order valence-corrected chi connectivity index (χ0v) is 12.7. The molecule has 0 bridgehead atoms. The van der Waals surface area contributed by atoms with Gasteiger partial charge in [-0.25, -0.2) is 0 Å². The van der Waals surface area contributed by atoms with Gasteiger partial charge in [-0.05, 0) is 37.2 Å². The van der Waals surface area contributed by atoms with Crippen LogP contribution in [0, 0.1) is 11.8 Å². The van der Waals surface area contributed by atoms with E-state index in [0.29, 0.717) is 10.7 Å². The molecule has 0 rings (SSSR count). The number of nitrogens with one attached hydrogen (secondary N) is 1. The molecule has 0 aromatic carbocycles. The van der Waals surface area contributed by atoms with Crippen LogP contribution in [0.15, 0.2) is 0 Å². The van der Waals surface area contributed by atoms with Crippen molar-refractivity contribution in [3.05, 3.63) is 0 Å². The SMILES string of the molecule is CC(C)CSC(C)NC(C)SCC(C)C. The molecule has 15 heavy (non-hydrogen) atoms. The molecule has 0 amide bonds. The first kappa shape index (κ1) is 15.7. The Bertz CT molecular complexity index is 133. The average Bonchev–Trinajstić information content (AvgIpc) is 2.11. The van der Waals surface area contributed by atoms with Gasteiger partial charge < -0.3 is 0 Å². The fraction of sp³-hybridized carbons (Fsp3) is 1.00. The van der Waals surface area contributed by atoms with Gasteiger partial charge in [0, 0.05) is 0 Å². The first-order valence-corrected chi connectivity index (χ1v) is 8.00. The van der Waals surface area contributed by atoms with Crippen LogP contribution in [0.4, 0.5) is 0 Å². The Labute approximate surface area is 105 Å². The highest BCUT2D eigenvalue weighted by molar-refractivity contribution is 8.00. The summed E-state index contributed by atoms with van der Waals surface area (Å²) in [6.07, 6.45) is 0. The van der Waals surface area contributed by atoms with Crippen molar-refractivity contribution in [2.75, 3.05) is 11.5 Å². The van der Waals surface area contributed by atoms with Gasteiger partial charge in [-0.3, -0.25) is 5.32 Å². The van der Waals surface area contributed by atoms with E-state index in [9.17, 15) is 0 Å². The van der Waals surface area contributed by atoms with E-state index in [2.05, 4.69) is 46.9 Å². The average molecular weight is 249 g/mol. The molecule has 0 aliphatic rings. The van der Waals surface area contributed by atoms with Crippen LogP contribution in [0.5, 0.6) is 0 Å². The van der Waals surface area contributed by atoms with E-state index in [1.807, 2.05) is 23.5 Å². The Balaban J connectivity index is 3.52. The van der Waals surface area contributed by atoms with Gasteiger partial charge >= 0.3 is 0 Å². The van der Waals surface area contributed by atoms with Gasteiger partial charge in [0.25, 0.3) is 0 Å². The van der Waals surface area contributed by atoms with Crippen molar-refractivity contribution in [1.29, 1.82) is 0 Å². The lowest BCUT2D eigenvalue weighted by atomic mass is 10.3. The third kappa shape index (κ3) is 10.9. The summed E-state index contributed by atoms with van der Waals surface area (Å²) in [6.45, 7) is 13.6. The summed E-state index contributed by atoms with van der Waals surface area (Å²) in [5.74, 6) is 4.07. The molecule has 0 heterocycles. The van der Waals surface area contributed by atoms with Gasteiger partial charge in [-0.2, -0.15) is 0 Å². The Morgan fingerprint density at radius 2 is 1.07 bits per heavy atom. The van der Waals surface area contributed by atoms with Crippen molar-refractivity contribution >= 4 is 23.5 Å². The molecule has 1 N–H and O–H groups in total. The minimum Gasteiger partial charge on any atom is -0.294 e. The van der Waals surface area contributed by atoms with E-state index in [0.717, 1.165) is 11.8 Å². The van der Waals surface area contributed by atoms with Gasteiger partial charge in [0.2, 0.25) is 0 Å².